The van der Waals surface area contributed by atoms with Crippen LogP contribution in [0, 0.1) is 0 Å². The number of thiophene rings is 1. The molecule has 0 aromatic carbocycles. The van der Waals surface area contributed by atoms with E-state index in [1.54, 1.807) is 12.1 Å². The fourth-order valence-corrected chi connectivity index (χ4v) is 2.24. The standard InChI is InChI=1S/C8H9BrN2O3S/c1-11(5-3-2-4(9)15-5)7(12)6(10)8(13)14/h2-3,6H,10H2,1H3,(H,13,14). The maximum atomic E-state index is 11.5. The number of amides is 1. The topological polar surface area (TPSA) is 83.6 Å². The molecule has 82 valence electrons. The summed E-state index contributed by atoms with van der Waals surface area (Å²) in [5, 5.41) is 9.22. The minimum absolute atomic E-state index is 0.642. The lowest BCUT2D eigenvalue weighted by Gasteiger charge is -2.16. The van der Waals surface area contributed by atoms with E-state index in [-0.39, 0.29) is 0 Å². The molecule has 1 aromatic rings. The summed E-state index contributed by atoms with van der Waals surface area (Å²) in [4.78, 5) is 23.2. The van der Waals surface area contributed by atoms with Crippen molar-refractivity contribution in [3.8, 4) is 0 Å². The predicted octanol–water partition coefficient (Wildman–Crippen LogP) is 0.885. The Morgan fingerprint density at radius 2 is 2.20 bits per heavy atom. The van der Waals surface area contributed by atoms with Gasteiger partial charge in [0.25, 0.3) is 5.91 Å². The van der Waals surface area contributed by atoms with Crippen LogP contribution in [0.3, 0.4) is 0 Å². The molecule has 15 heavy (non-hydrogen) atoms. The van der Waals surface area contributed by atoms with E-state index in [0.29, 0.717) is 5.00 Å². The molecule has 1 amide bonds. The monoisotopic (exact) mass is 292 g/mol. The summed E-state index contributed by atoms with van der Waals surface area (Å²) in [6.07, 6.45) is 0. The minimum atomic E-state index is -1.52. The highest BCUT2D eigenvalue weighted by Crippen LogP contribution is 2.29. The van der Waals surface area contributed by atoms with Crippen LogP contribution in [0.15, 0.2) is 15.9 Å². The van der Waals surface area contributed by atoms with E-state index < -0.39 is 17.9 Å². The van der Waals surface area contributed by atoms with Crippen LogP contribution in [0.1, 0.15) is 0 Å². The third-order valence-corrected chi connectivity index (χ3v) is 3.45. The summed E-state index contributed by atoms with van der Waals surface area (Å²) in [6, 6.07) is 1.97. The van der Waals surface area contributed by atoms with Crippen molar-refractivity contribution < 1.29 is 14.7 Å². The van der Waals surface area contributed by atoms with Crippen LogP contribution in [0.5, 0.6) is 0 Å². The summed E-state index contributed by atoms with van der Waals surface area (Å²) in [6.45, 7) is 0. The Morgan fingerprint density at radius 1 is 1.60 bits per heavy atom. The summed E-state index contributed by atoms with van der Waals surface area (Å²) in [5.74, 6) is -1.97. The molecule has 1 atom stereocenters. The van der Waals surface area contributed by atoms with Gasteiger partial charge in [0.1, 0.15) is 0 Å². The van der Waals surface area contributed by atoms with E-state index in [1.807, 2.05) is 0 Å². The molecule has 1 unspecified atom stereocenters. The molecule has 1 rings (SSSR count). The first-order valence-electron chi connectivity index (χ1n) is 3.94. The number of carbonyl (C=O) groups is 2. The zero-order valence-corrected chi connectivity index (χ0v) is 10.2. The number of hydrogen-bond donors (Lipinski definition) is 2. The van der Waals surface area contributed by atoms with Crippen molar-refractivity contribution in [2.24, 2.45) is 5.73 Å². The lowest BCUT2D eigenvalue weighted by Crippen LogP contribution is -2.46. The molecule has 3 N–H and O–H groups in total. The molecular weight excluding hydrogens is 284 g/mol. The molecule has 0 spiro atoms. The average Bonchev–Trinajstić information content (AvgIpc) is 2.61. The van der Waals surface area contributed by atoms with E-state index in [0.717, 1.165) is 3.79 Å². The maximum Gasteiger partial charge on any atom is 0.330 e. The first-order valence-corrected chi connectivity index (χ1v) is 5.55. The van der Waals surface area contributed by atoms with Gasteiger partial charge in [0.05, 0.1) is 8.79 Å². The highest BCUT2D eigenvalue weighted by Gasteiger charge is 2.25. The fraction of sp³-hybridized carbons (Fsp3) is 0.250. The van der Waals surface area contributed by atoms with Gasteiger partial charge in [-0.1, -0.05) is 0 Å². The van der Waals surface area contributed by atoms with Gasteiger partial charge in [0, 0.05) is 7.05 Å². The number of carbonyl (C=O) groups excluding carboxylic acids is 1. The van der Waals surface area contributed by atoms with E-state index in [2.05, 4.69) is 15.9 Å². The number of halogens is 1. The number of rotatable bonds is 3. The van der Waals surface area contributed by atoms with Gasteiger partial charge in [-0.05, 0) is 28.1 Å². The molecular formula is C8H9BrN2O3S. The molecule has 0 radical (unpaired) electrons. The molecule has 0 saturated heterocycles. The molecule has 5 nitrogen and oxygen atoms in total. The second kappa shape index (κ2) is 4.73. The van der Waals surface area contributed by atoms with Crippen molar-refractivity contribution in [2.45, 2.75) is 6.04 Å². The Morgan fingerprint density at radius 3 is 2.60 bits per heavy atom. The molecule has 0 aliphatic rings. The smallest absolute Gasteiger partial charge is 0.330 e. The van der Waals surface area contributed by atoms with Gasteiger partial charge in [-0.3, -0.25) is 4.79 Å². The SMILES string of the molecule is CN(C(=O)C(N)C(=O)O)c1ccc(Br)s1. The van der Waals surface area contributed by atoms with Gasteiger partial charge in [0.15, 0.2) is 6.04 Å². The Hall–Kier alpha value is -0.920. The van der Waals surface area contributed by atoms with Gasteiger partial charge < -0.3 is 15.7 Å². The number of anilines is 1. The van der Waals surface area contributed by atoms with Gasteiger partial charge >= 0.3 is 5.97 Å². The van der Waals surface area contributed by atoms with Crippen molar-refractivity contribution in [2.75, 3.05) is 11.9 Å². The van der Waals surface area contributed by atoms with Crippen molar-refractivity contribution >= 4 is 44.1 Å². The van der Waals surface area contributed by atoms with E-state index >= 15 is 0 Å². The van der Waals surface area contributed by atoms with Crippen molar-refractivity contribution in [3.63, 3.8) is 0 Å². The predicted molar refractivity (Wildman–Crippen MR) is 61.0 cm³/mol. The molecule has 7 heteroatoms. The molecule has 0 bridgehead atoms. The normalized spacial score (nSPS) is 12.2. The molecule has 0 saturated carbocycles. The van der Waals surface area contributed by atoms with Crippen molar-refractivity contribution in [1.29, 1.82) is 0 Å². The Labute approximate surface area is 98.6 Å². The van der Waals surface area contributed by atoms with E-state index in [9.17, 15) is 9.59 Å². The maximum absolute atomic E-state index is 11.5. The summed E-state index contributed by atoms with van der Waals surface area (Å²) in [5.41, 5.74) is 5.21. The van der Waals surface area contributed by atoms with Crippen LogP contribution in [-0.4, -0.2) is 30.1 Å². The lowest BCUT2D eigenvalue weighted by atomic mass is 10.3. The number of aliphatic carboxylic acids is 1. The summed E-state index contributed by atoms with van der Waals surface area (Å²) in [7, 11) is 1.49. The van der Waals surface area contributed by atoms with Crippen LogP contribution in [0.4, 0.5) is 5.00 Å². The quantitative estimate of drug-likeness (QED) is 0.811. The van der Waals surface area contributed by atoms with Crippen LogP contribution in [0.25, 0.3) is 0 Å². The Bertz CT molecular complexity index is 393. The Kier molecular flexibility index (Phi) is 3.83. The largest absolute Gasteiger partial charge is 0.480 e. The van der Waals surface area contributed by atoms with Crippen molar-refractivity contribution in [3.05, 3.63) is 15.9 Å². The molecule has 0 fully saturated rings. The van der Waals surface area contributed by atoms with Gasteiger partial charge in [-0.15, -0.1) is 11.3 Å². The van der Waals surface area contributed by atoms with E-state index in [1.165, 1.54) is 23.3 Å². The Balaban J connectivity index is 2.81. The van der Waals surface area contributed by atoms with Crippen LogP contribution in [0.2, 0.25) is 0 Å². The fourth-order valence-electron chi connectivity index (χ4n) is 0.908. The number of carboxylic acids is 1. The molecule has 1 heterocycles. The third-order valence-electron chi connectivity index (χ3n) is 1.75. The van der Waals surface area contributed by atoms with Gasteiger partial charge in [-0.2, -0.15) is 0 Å². The van der Waals surface area contributed by atoms with Gasteiger partial charge in [-0.25, -0.2) is 4.79 Å². The van der Waals surface area contributed by atoms with E-state index in [4.69, 9.17) is 10.8 Å². The van der Waals surface area contributed by atoms with Crippen molar-refractivity contribution in [1.82, 2.24) is 0 Å². The van der Waals surface area contributed by atoms with Gasteiger partial charge in [0.2, 0.25) is 0 Å². The highest BCUT2D eigenvalue weighted by molar-refractivity contribution is 9.11. The second-order valence-electron chi connectivity index (χ2n) is 2.79. The second-order valence-corrected chi connectivity index (χ2v) is 5.23. The number of likely N-dealkylation sites (N-methyl/N-ethyl adjacent to an activating group) is 1. The lowest BCUT2D eigenvalue weighted by molar-refractivity contribution is -0.142. The summed E-state index contributed by atoms with van der Waals surface area (Å²) < 4.78 is 0.862. The first-order chi connectivity index (χ1) is 6.93. The molecule has 0 aliphatic carbocycles. The third kappa shape index (κ3) is 2.77. The zero-order valence-electron chi connectivity index (χ0n) is 7.81. The minimum Gasteiger partial charge on any atom is -0.480 e. The van der Waals surface area contributed by atoms with Crippen LogP contribution < -0.4 is 10.6 Å². The number of nitrogens with two attached hydrogens (primary N) is 1. The summed E-state index contributed by atoms with van der Waals surface area (Å²) >= 11 is 4.58. The first kappa shape index (κ1) is 12.2. The van der Waals surface area contributed by atoms with Crippen LogP contribution in [-0.2, 0) is 9.59 Å². The molecule has 0 aliphatic heterocycles. The average molecular weight is 293 g/mol. The van der Waals surface area contributed by atoms with Crippen LogP contribution >= 0.6 is 27.3 Å². The zero-order chi connectivity index (χ0) is 11.6. The number of carboxylic acid groups (broad SMARTS) is 1. The number of hydrogen-bond acceptors (Lipinski definition) is 4. The number of nitrogens with zero attached hydrogens (tertiary/aromatic N) is 1. The molecule has 1 aromatic heterocycles. The highest BCUT2D eigenvalue weighted by atomic mass is 79.9.